The molecule has 23 heavy (non-hydrogen) atoms. The molecule has 3 N–H and O–H groups in total. The average Bonchev–Trinajstić information content (AvgIpc) is 2.56. The van der Waals surface area contributed by atoms with E-state index < -0.39 is 0 Å². The van der Waals surface area contributed by atoms with E-state index in [0.717, 1.165) is 29.9 Å². The summed E-state index contributed by atoms with van der Waals surface area (Å²) in [6.45, 7) is 4.57. The quantitative estimate of drug-likeness (QED) is 0.674. The van der Waals surface area contributed by atoms with Crippen LogP contribution in [0.5, 0.6) is 0 Å². The van der Waals surface area contributed by atoms with Crippen LogP contribution >= 0.6 is 0 Å². The lowest BCUT2D eigenvalue weighted by atomic mass is 9.90. The van der Waals surface area contributed by atoms with Crippen molar-refractivity contribution >= 4 is 11.6 Å². The van der Waals surface area contributed by atoms with Gasteiger partial charge in [-0.1, -0.05) is 18.2 Å². The van der Waals surface area contributed by atoms with Crippen molar-refractivity contribution in [1.29, 1.82) is 0 Å². The lowest BCUT2D eigenvalue weighted by Gasteiger charge is -2.19. The number of rotatable bonds is 3. The molecule has 0 saturated heterocycles. The predicted molar refractivity (Wildman–Crippen MR) is 95.7 cm³/mol. The maximum absolute atomic E-state index is 6.07. The molecule has 1 aromatic heterocycles. The molecule has 0 aliphatic heterocycles. The average molecular weight is 308 g/mol. The highest BCUT2D eigenvalue weighted by molar-refractivity contribution is 5.93. The summed E-state index contributed by atoms with van der Waals surface area (Å²) < 4.78 is 0. The Bertz CT molecular complexity index is 734. The summed E-state index contributed by atoms with van der Waals surface area (Å²) in [6, 6.07) is 10.5. The Kier molecular flexibility index (Phi) is 4.60. The summed E-state index contributed by atoms with van der Waals surface area (Å²) >= 11 is 0. The zero-order chi connectivity index (χ0) is 16.2. The molecule has 0 radical (unpaired) electrons. The maximum atomic E-state index is 6.07. The number of nitrogens with one attached hydrogen (secondary N) is 1. The fourth-order valence-electron chi connectivity index (χ4n) is 3.01. The van der Waals surface area contributed by atoms with Crippen LogP contribution in [-0.2, 0) is 19.4 Å². The first-order chi connectivity index (χ1) is 11.1. The second-order valence-electron chi connectivity index (χ2n) is 6.18. The molecule has 0 amide bonds. The number of anilines is 1. The van der Waals surface area contributed by atoms with Crippen LogP contribution in [0.4, 0.5) is 5.69 Å². The van der Waals surface area contributed by atoms with Crippen molar-refractivity contribution in [3.63, 3.8) is 0 Å². The Morgan fingerprint density at radius 1 is 1.17 bits per heavy atom. The number of pyridine rings is 1. The van der Waals surface area contributed by atoms with Gasteiger partial charge in [-0.25, -0.2) is 4.99 Å². The SMILES string of the molecule is Cc1ccc(CN=C(N)Nc2cccc3c2CCCC3)nc1C. The highest BCUT2D eigenvalue weighted by Gasteiger charge is 2.13. The van der Waals surface area contributed by atoms with Gasteiger partial charge in [0.05, 0.1) is 12.2 Å². The molecular formula is C19H24N4. The van der Waals surface area contributed by atoms with Gasteiger partial charge < -0.3 is 11.1 Å². The molecule has 1 aromatic carbocycles. The summed E-state index contributed by atoms with van der Waals surface area (Å²) in [5, 5.41) is 3.27. The van der Waals surface area contributed by atoms with Crippen LogP contribution in [0, 0.1) is 13.8 Å². The van der Waals surface area contributed by atoms with E-state index in [2.05, 4.69) is 46.5 Å². The van der Waals surface area contributed by atoms with Gasteiger partial charge in [0.1, 0.15) is 0 Å². The summed E-state index contributed by atoms with van der Waals surface area (Å²) in [4.78, 5) is 8.96. The number of fused-ring (bicyclic) bond motifs is 1. The lowest BCUT2D eigenvalue weighted by Crippen LogP contribution is -2.24. The summed E-state index contributed by atoms with van der Waals surface area (Å²) in [5.74, 6) is 0.448. The van der Waals surface area contributed by atoms with Crippen molar-refractivity contribution in [3.05, 3.63) is 58.4 Å². The van der Waals surface area contributed by atoms with Crippen molar-refractivity contribution in [2.24, 2.45) is 10.7 Å². The van der Waals surface area contributed by atoms with Gasteiger partial charge in [-0.15, -0.1) is 0 Å². The first kappa shape index (κ1) is 15.5. The number of aromatic nitrogens is 1. The summed E-state index contributed by atoms with van der Waals surface area (Å²) in [5.41, 5.74) is 13.2. The minimum atomic E-state index is 0.448. The number of nitrogens with zero attached hydrogens (tertiary/aromatic N) is 2. The van der Waals surface area contributed by atoms with E-state index in [9.17, 15) is 0 Å². The highest BCUT2D eigenvalue weighted by atomic mass is 15.1. The molecule has 0 bridgehead atoms. The van der Waals surface area contributed by atoms with E-state index in [1.54, 1.807) is 0 Å². The lowest BCUT2D eigenvalue weighted by molar-refractivity contribution is 0.687. The maximum Gasteiger partial charge on any atom is 0.193 e. The molecule has 0 unspecified atom stereocenters. The molecule has 1 aliphatic rings. The molecule has 4 heteroatoms. The highest BCUT2D eigenvalue weighted by Crippen LogP contribution is 2.27. The van der Waals surface area contributed by atoms with Crippen molar-refractivity contribution in [2.75, 3.05) is 5.32 Å². The second-order valence-corrected chi connectivity index (χ2v) is 6.18. The van der Waals surface area contributed by atoms with Gasteiger partial charge in [-0.05, 0) is 68.4 Å². The fraction of sp³-hybridized carbons (Fsp3) is 0.368. The minimum absolute atomic E-state index is 0.448. The van der Waals surface area contributed by atoms with Crippen LogP contribution in [-0.4, -0.2) is 10.9 Å². The fourth-order valence-corrected chi connectivity index (χ4v) is 3.01. The van der Waals surface area contributed by atoms with Crippen LogP contribution in [0.2, 0.25) is 0 Å². The van der Waals surface area contributed by atoms with Crippen molar-refractivity contribution in [1.82, 2.24) is 4.98 Å². The van der Waals surface area contributed by atoms with Crippen molar-refractivity contribution < 1.29 is 0 Å². The molecule has 0 atom stereocenters. The van der Waals surface area contributed by atoms with Gasteiger partial charge >= 0.3 is 0 Å². The Hall–Kier alpha value is -2.36. The third-order valence-corrected chi connectivity index (χ3v) is 4.48. The molecule has 120 valence electrons. The number of aliphatic imine (C=N–C) groups is 1. The third-order valence-electron chi connectivity index (χ3n) is 4.48. The van der Waals surface area contributed by atoms with Crippen LogP contribution in [0.25, 0.3) is 0 Å². The number of aryl methyl sites for hydroxylation is 3. The summed E-state index contributed by atoms with van der Waals surface area (Å²) in [7, 11) is 0. The van der Waals surface area contributed by atoms with Crippen LogP contribution in [0.3, 0.4) is 0 Å². The van der Waals surface area contributed by atoms with Gasteiger partial charge in [0.2, 0.25) is 0 Å². The molecule has 4 nitrogen and oxygen atoms in total. The van der Waals surface area contributed by atoms with Crippen molar-refractivity contribution in [2.45, 2.75) is 46.1 Å². The minimum Gasteiger partial charge on any atom is -0.370 e. The van der Waals surface area contributed by atoms with E-state index >= 15 is 0 Å². The molecule has 1 heterocycles. The van der Waals surface area contributed by atoms with Gasteiger partial charge in [-0.2, -0.15) is 0 Å². The van der Waals surface area contributed by atoms with E-state index in [1.807, 2.05) is 13.0 Å². The van der Waals surface area contributed by atoms with E-state index in [0.29, 0.717) is 12.5 Å². The standard InChI is InChI=1S/C19H24N4/c1-13-10-11-16(22-14(13)2)12-21-19(20)23-18-9-5-7-15-6-3-4-8-17(15)18/h5,7,9-11H,3-4,6,8,12H2,1-2H3,(H3,20,21,23). The zero-order valence-corrected chi connectivity index (χ0v) is 13.9. The Morgan fingerprint density at radius 3 is 2.83 bits per heavy atom. The number of hydrogen-bond donors (Lipinski definition) is 2. The normalized spacial score (nSPS) is 14.4. The number of nitrogens with two attached hydrogens (primary N) is 1. The molecule has 3 rings (SSSR count). The van der Waals surface area contributed by atoms with Crippen LogP contribution < -0.4 is 11.1 Å². The van der Waals surface area contributed by atoms with Gasteiger partial charge in [0.15, 0.2) is 5.96 Å². The number of guanidine groups is 1. The van der Waals surface area contributed by atoms with Crippen LogP contribution in [0.1, 0.15) is 40.9 Å². The van der Waals surface area contributed by atoms with E-state index in [1.165, 1.54) is 29.5 Å². The van der Waals surface area contributed by atoms with E-state index in [4.69, 9.17) is 5.73 Å². The van der Waals surface area contributed by atoms with Crippen LogP contribution in [0.15, 0.2) is 35.3 Å². The molecule has 0 fully saturated rings. The smallest absolute Gasteiger partial charge is 0.193 e. The Balaban J connectivity index is 1.71. The summed E-state index contributed by atoms with van der Waals surface area (Å²) in [6.07, 6.45) is 4.80. The zero-order valence-electron chi connectivity index (χ0n) is 13.9. The molecule has 2 aromatic rings. The van der Waals surface area contributed by atoms with E-state index in [-0.39, 0.29) is 0 Å². The van der Waals surface area contributed by atoms with Gasteiger partial charge in [0, 0.05) is 11.4 Å². The Morgan fingerprint density at radius 2 is 2.00 bits per heavy atom. The second kappa shape index (κ2) is 6.82. The molecule has 1 aliphatic carbocycles. The molecule has 0 saturated carbocycles. The number of benzene rings is 1. The van der Waals surface area contributed by atoms with Gasteiger partial charge in [-0.3, -0.25) is 4.98 Å². The third kappa shape index (κ3) is 3.70. The Labute approximate surface area is 137 Å². The predicted octanol–water partition coefficient (Wildman–Crippen LogP) is 3.50. The number of hydrogen-bond acceptors (Lipinski definition) is 2. The molecule has 0 spiro atoms. The first-order valence-corrected chi connectivity index (χ1v) is 8.24. The van der Waals surface area contributed by atoms with Crippen molar-refractivity contribution in [3.8, 4) is 0 Å². The molecular weight excluding hydrogens is 284 g/mol. The van der Waals surface area contributed by atoms with Gasteiger partial charge in [0.25, 0.3) is 0 Å². The largest absolute Gasteiger partial charge is 0.370 e. The first-order valence-electron chi connectivity index (χ1n) is 8.24. The monoisotopic (exact) mass is 308 g/mol. The topological polar surface area (TPSA) is 63.3 Å².